The maximum Gasteiger partial charge on any atom is 0.305 e. The van der Waals surface area contributed by atoms with Crippen molar-refractivity contribution >= 4 is 37.5 Å². The summed E-state index contributed by atoms with van der Waals surface area (Å²) in [5, 5.41) is 11.3. The summed E-state index contributed by atoms with van der Waals surface area (Å²) >= 11 is 1.70. The predicted molar refractivity (Wildman–Crippen MR) is 126 cm³/mol. The molecular weight excluding hydrogens is 406 g/mol. The standard InChI is InChI=1S/C26H23NO3S/c1-26(27,16-25(28)29)20-10-12-24-22(15-20)21-14-18(9-11-23(21)31-24)8-5-13-30-17-19-6-3-2-4-7-19/h2-4,6-7,9-12,14-15H,13,16-17,27H2,1H3,(H,28,29). The van der Waals surface area contributed by atoms with Crippen molar-refractivity contribution in [2.45, 2.75) is 25.5 Å². The summed E-state index contributed by atoms with van der Waals surface area (Å²) in [5.74, 6) is 5.35. The lowest BCUT2D eigenvalue weighted by atomic mass is 9.89. The van der Waals surface area contributed by atoms with E-state index in [-0.39, 0.29) is 6.42 Å². The molecule has 0 radical (unpaired) electrons. The molecule has 1 atom stereocenters. The molecule has 3 aromatic carbocycles. The van der Waals surface area contributed by atoms with Gasteiger partial charge in [-0.1, -0.05) is 48.2 Å². The van der Waals surface area contributed by atoms with Crippen LogP contribution < -0.4 is 5.73 Å². The van der Waals surface area contributed by atoms with Gasteiger partial charge in [-0.3, -0.25) is 4.79 Å². The van der Waals surface area contributed by atoms with Gasteiger partial charge in [0.25, 0.3) is 0 Å². The molecule has 0 aliphatic rings. The second-order valence-electron chi connectivity index (χ2n) is 7.79. The highest BCUT2D eigenvalue weighted by molar-refractivity contribution is 7.25. The van der Waals surface area contributed by atoms with Gasteiger partial charge in [-0.05, 0) is 48.4 Å². The van der Waals surface area contributed by atoms with Gasteiger partial charge < -0.3 is 15.6 Å². The molecule has 0 bridgehead atoms. The summed E-state index contributed by atoms with van der Waals surface area (Å²) in [4.78, 5) is 11.2. The fraction of sp³-hybridized carbons (Fsp3) is 0.192. The lowest BCUT2D eigenvalue weighted by Crippen LogP contribution is -2.35. The maximum atomic E-state index is 11.2. The Kier molecular flexibility index (Phi) is 6.06. The molecule has 0 amide bonds. The van der Waals surface area contributed by atoms with E-state index in [1.54, 1.807) is 18.3 Å². The van der Waals surface area contributed by atoms with Crippen LogP contribution in [0.15, 0.2) is 66.7 Å². The van der Waals surface area contributed by atoms with Crippen molar-refractivity contribution in [1.82, 2.24) is 0 Å². The first kappa shape index (κ1) is 21.1. The van der Waals surface area contributed by atoms with Crippen LogP contribution in [-0.2, 0) is 21.7 Å². The molecule has 1 unspecified atom stereocenters. The van der Waals surface area contributed by atoms with Crippen LogP contribution >= 0.6 is 11.3 Å². The zero-order valence-electron chi connectivity index (χ0n) is 17.2. The number of ether oxygens (including phenoxy) is 1. The molecule has 1 aromatic heterocycles. The van der Waals surface area contributed by atoms with Crippen molar-refractivity contribution in [3.63, 3.8) is 0 Å². The van der Waals surface area contributed by atoms with Crippen molar-refractivity contribution in [1.29, 1.82) is 0 Å². The van der Waals surface area contributed by atoms with Crippen molar-refractivity contribution in [3.05, 3.63) is 83.4 Å². The topological polar surface area (TPSA) is 72.6 Å². The van der Waals surface area contributed by atoms with Gasteiger partial charge >= 0.3 is 5.97 Å². The quantitative estimate of drug-likeness (QED) is 0.323. The van der Waals surface area contributed by atoms with E-state index < -0.39 is 11.5 Å². The lowest BCUT2D eigenvalue weighted by molar-refractivity contribution is -0.138. The first-order valence-electron chi connectivity index (χ1n) is 10.0. The first-order valence-corrected chi connectivity index (χ1v) is 10.8. The van der Waals surface area contributed by atoms with Crippen LogP contribution in [0.4, 0.5) is 0 Å². The zero-order chi connectivity index (χ0) is 21.8. The number of carboxylic acid groups (broad SMARTS) is 1. The Morgan fingerprint density at radius 2 is 1.77 bits per heavy atom. The molecule has 0 aliphatic carbocycles. The SMILES string of the molecule is CC(N)(CC(=O)O)c1ccc2sc3ccc(C#CCOCc4ccccc4)cc3c2c1. The van der Waals surface area contributed by atoms with Gasteiger partial charge in [0, 0.05) is 31.3 Å². The number of aliphatic carboxylic acids is 1. The zero-order valence-corrected chi connectivity index (χ0v) is 18.0. The first-order chi connectivity index (χ1) is 14.9. The average Bonchev–Trinajstić information content (AvgIpc) is 3.10. The molecule has 4 nitrogen and oxygen atoms in total. The molecule has 0 fully saturated rings. The number of benzene rings is 3. The van der Waals surface area contributed by atoms with Gasteiger partial charge in [0.15, 0.2) is 0 Å². The van der Waals surface area contributed by atoms with Crippen LogP contribution in [0.25, 0.3) is 20.2 Å². The van der Waals surface area contributed by atoms with Crippen LogP contribution in [-0.4, -0.2) is 17.7 Å². The summed E-state index contributed by atoms with van der Waals surface area (Å²) < 4.78 is 7.94. The lowest BCUT2D eigenvalue weighted by Gasteiger charge is -2.23. The molecule has 0 saturated carbocycles. The summed E-state index contributed by atoms with van der Waals surface area (Å²) in [6.45, 7) is 2.66. The summed E-state index contributed by atoms with van der Waals surface area (Å²) in [6.07, 6.45) is -0.125. The summed E-state index contributed by atoms with van der Waals surface area (Å²) in [7, 11) is 0. The Balaban J connectivity index is 1.56. The van der Waals surface area contributed by atoms with E-state index in [9.17, 15) is 9.90 Å². The van der Waals surface area contributed by atoms with E-state index in [2.05, 4.69) is 24.0 Å². The molecular formula is C26H23NO3S. The van der Waals surface area contributed by atoms with Gasteiger partial charge in [-0.15, -0.1) is 11.3 Å². The van der Waals surface area contributed by atoms with Gasteiger partial charge in [-0.2, -0.15) is 0 Å². The third kappa shape index (κ3) is 4.95. The van der Waals surface area contributed by atoms with Crippen LogP contribution in [0.2, 0.25) is 0 Å². The van der Waals surface area contributed by atoms with Crippen molar-refractivity contribution in [2.75, 3.05) is 6.61 Å². The van der Waals surface area contributed by atoms with E-state index in [1.165, 1.54) is 0 Å². The van der Waals surface area contributed by atoms with E-state index in [1.807, 2.05) is 54.6 Å². The number of rotatable bonds is 6. The van der Waals surface area contributed by atoms with E-state index in [0.29, 0.717) is 13.2 Å². The third-order valence-corrected chi connectivity index (χ3v) is 6.32. The summed E-state index contributed by atoms with van der Waals surface area (Å²) in [6, 6.07) is 22.1. The molecule has 4 aromatic rings. The monoisotopic (exact) mass is 429 g/mol. The predicted octanol–water partition coefficient (Wildman–Crippen LogP) is 5.27. The van der Waals surface area contributed by atoms with E-state index >= 15 is 0 Å². The molecule has 4 rings (SSSR count). The Bertz CT molecular complexity index is 1300. The Morgan fingerprint density at radius 1 is 1.06 bits per heavy atom. The minimum Gasteiger partial charge on any atom is -0.481 e. The molecule has 3 N–H and O–H groups in total. The van der Waals surface area contributed by atoms with Gasteiger partial charge in [0.05, 0.1) is 13.0 Å². The molecule has 1 heterocycles. The number of carbonyl (C=O) groups is 1. The Morgan fingerprint density at radius 3 is 2.52 bits per heavy atom. The number of nitrogens with two attached hydrogens (primary N) is 1. The fourth-order valence-corrected chi connectivity index (χ4v) is 4.63. The number of hydrogen-bond acceptors (Lipinski definition) is 4. The molecule has 0 saturated heterocycles. The minimum absolute atomic E-state index is 0.125. The normalized spacial score (nSPS) is 13.0. The highest BCUT2D eigenvalue weighted by Crippen LogP contribution is 2.36. The maximum absolute atomic E-state index is 11.2. The van der Waals surface area contributed by atoms with Crippen LogP contribution in [0.3, 0.4) is 0 Å². The number of carboxylic acids is 1. The second kappa shape index (κ2) is 8.91. The van der Waals surface area contributed by atoms with Crippen molar-refractivity contribution in [3.8, 4) is 11.8 Å². The van der Waals surface area contributed by atoms with Crippen molar-refractivity contribution in [2.24, 2.45) is 5.73 Å². The largest absolute Gasteiger partial charge is 0.481 e. The smallest absolute Gasteiger partial charge is 0.305 e. The second-order valence-corrected chi connectivity index (χ2v) is 8.88. The molecule has 5 heteroatoms. The van der Waals surface area contributed by atoms with E-state index in [0.717, 1.165) is 36.9 Å². The van der Waals surface area contributed by atoms with Crippen LogP contribution in [0.5, 0.6) is 0 Å². The van der Waals surface area contributed by atoms with Gasteiger partial charge in [0.2, 0.25) is 0 Å². The number of hydrogen-bond donors (Lipinski definition) is 2. The third-order valence-electron chi connectivity index (χ3n) is 5.17. The van der Waals surface area contributed by atoms with Gasteiger partial charge in [-0.25, -0.2) is 0 Å². The fourth-order valence-electron chi connectivity index (χ4n) is 3.56. The molecule has 0 aliphatic heterocycles. The highest BCUT2D eigenvalue weighted by Gasteiger charge is 2.25. The molecule has 0 spiro atoms. The minimum atomic E-state index is -0.929. The number of thiophene rings is 1. The van der Waals surface area contributed by atoms with Crippen molar-refractivity contribution < 1.29 is 14.6 Å². The van der Waals surface area contributed by atoms with Gasteiger partial charge in [0.1, 0.15) is 6.61 Å². The summed E-state index contributed by atoms with van der Waals surface area (Å²) in [5.41, 5.74) is 8.22. The Hall–Kier alpha value is -3.17. The molecule has 156 valence electrons. The highest BCUT2D eigenvalue weighted by atomic mass is 32.1. The molecule has 31 heavy (non-hydrogen) atoms. The number of fused-ring (bicyclic) bond motifs is 3. The van der Waals surface area contributed by atoms with E-state index in [4.69, 9.17) is 10.5 Å². The van der Waals surface area contributed by atoms with Crippen LogP contribution in [0.1, 0.15) is 30.0 Å². The Labute approximate surface area is 185 Å². The van der Waals surface area contributed by atoms with Crippen LogP contribution in [0, 0.1) is 11.8 Å². The average molecular weight is 430 g/mol.